The summed E-state index contributed by atoms with van der Waals surface area (Å²) in [5.41, 5.74) is 7.62. The first-order valence-corrected chi connectivity index (χ1v) is 8.63. The number of carbonyl (C=O) groups is 1. The fourth-order valence-corrected chi connectivity index (χ4v) is 3.13. The Morgan fingerprint density at radius 3 is 2.50 bits per heavy atom. The van der Waals surface area contributed by atoms with Crippen molar-refractivity contribution in [3.05, 3.63) is 76.7 Å². The summed E-state index contributed by atoms with van der Waals surface area (Å²) >= 11 is 0. The molecule has 2 aromatic heterocycles. The Kier molecular flexibility index (Phi) is 5.92. The average Bonchev–Trinajstić information content (AvgIpc) is 2.74. The fraction of sp³-hybridized carbons (Fsp3) is 0.0476. The minimum Gasteiger partial charge on any atom is -0.545 e. The molecule has 9 heteroatoms. The Balaban J connectivity index is 0.00000256. The molecule has 0 fully saturated rings. The smallest absolute Gasteiger partial charge is 0.545 e. The number of hydrogen-bond acceptors (Lipinski definition) is 7. The summed E-state index contributed by atoms with van der Waals surface area (Å²) in [6.07, 6.45) is 1.47. The number of hydrogen-bond donors (Lipinski definition) is 1. The van der Waals surface area contributed by atoms with Gasteiger partial charge in [-0.1, -0.05) is 24.3 Å². The van der Waals surface area contributed by atoms with Gasteiger partial charge < -0.3 is 20.4 Å². The van der Waals surface area contributed by atoms with E-state index in [1.807, 2.05) is 6.07 Å². The van der Waals surface area contributed by atoms with Crippen LogP contribution in [0.2, 0.25) is 0 Å². The minimum absolute atomic E-state index is 0. The van der Waals surface area contributed by atoms with Crippen LogP contribution in [0.5, 0.6) is 5.88 Å². The van der Waals surface area contributed by atoms with Crippen molar-refractivity contribution >= 4 is 22.8 Å². The Morgan fingerprint density at radius 1 is 1.10 bits per heavy atom. The number of carboxylic acid groups (broad SMARTS) is 1. The number of para-hydroxylation sites is 1. The number of pyridine rings is 1. The number of nitrogen functional groups attached to an aromatic ring is 1. The molecule has 4 rings (SSSR count). The molecule has 8 nitrogen and oxygen atoms in total. The van der Waals surface area contributed by atoms with E-state index in [0.29, 0.717) is 27.7 Å². The van der Waals surface area contributed by atoms with Crippen molar-refractivity contribution < 1.29 is 33.5 Å². The molecule has 2 N–H and O–H groups in total. The first-order chi connectivity index (χ1) is 14.0. The third-order valence-corrected chi connectivity index (χ3v) is 4.51. The number of carbonyl (C=O) groups excluding carboxylic acids is 1. The van der Waals surface area contributed by atoms with Crippen LogP contribution in [0.15, 0.2) is 65.6 Å². The van der Waals surface area contributed by atoms with Gasteiger partial charge in [0.15, 0.2) is 0 Å². The molecule has 144 valence electrons. The summed E-state index contributed by atoms with van der Waals surface area (Å²) < 4.78 is 6.28. The predicted molar refractivity (Wildman–Crippen MR) is 106 cm³/mol. The van der Waals surface area contributed by atoms with Crippen LogP contribution in [-0.4, -0.2) is 27.6 Å². The second kappa shape index (κ2) is 8.41. The molecule has 0 aliphatic rings. The van der Waals surface area contributed by atoms with Crippen LogP contribution in [0.3, 0.4) is 0 Å². The van der Waals surface area contributed by atoms with E-state index >= 15 is 0 Å². The van der Waals surface area contributed by atoms with E-state index in [1.54, 1.807) is 42.5 Å². The summed E-state index contributed by atoms with van der Waals surface area (Å²) in [6, 6.07) is 15.3. The van der Waals surface area contributed by atoms with Gasteiger partial charge in [0.05, 0.1) is 35.2 Å². The molecule has 0 aliphatic heterocycles. The number of rotatable bonds is 4. The van der Waals surface area contributed by atoms with Crippen LogP contribution < -0.4 is 40.0 Å². The number of aromatic carboxylic acids is 1. The second-order valence-electron chi connectivity index (χ2n) is 6.25. The summed E-state index contributed by atoms with van der Waals surface area (Å²) in [5.74, 6) is -1.37. The molecule has 0 radical (unpaired) electrons. The van der Waals surface area contributed by atoms with Gasteiger partial charge in [-0.05, 0) is 35.9 Å². The van der Waals surface area contributed by atoms with Crippen molar-refractivity contribution in [1.82, 2.24) is 14.5 Å². The van der Waals surface area contributed by atoms with Gasteiger partial charge in [-0.3, -0.25) is 4.79 Å². The molecular weight excluding hydrogens is 379 g/mol. The van der Waals surface area contributed by atoms with Crippen molar-refractivity contribution in [2.45, 2.75) is 0 Å². The molecule has 0 bridgehead atoms. The monoisotopic (exact) mass is 394 g/mol. The fourth-order valence-electron chi connectivity index (χ4n) is 3.13. The molecule has 4 aromatic rings. The summed E-state index contributed by atoms with van der Waals surface area (Å²) in [6.45, 7) is 0. The maximum atomic E-state index is 13.1. The Morgan fingerprint density at radius 2 is 1.83 bits per heavy atom. The Hall–Kier alpha value is -3.60. The van der Waals surface area contributed by atoms with Crippen molar-refractivity contribution in [2.24, 2.45) is 0 Å². The topological polar surface area (TPSA) is 123 Å². The Labute approximate surface area is 183 Å². The zero-order chi connectivity index (χ0) is 20.5. The number of anilines is 1. The number of carboxylic acids is 1. The molecule has 0 aliphatic carbocycles. The zero-order valence-electron chi connectivity index (χ0n) is 16.3. The van der Waals surface area contributed by atoms with Crippen LogP contribution in [0.1, 0.15) is 10.4 Å². The SMILES string of the molecule is COc1ncc(-c2ccc3nc(N)n(-c4ccccc4)c(=O)c3c2)cc1C(=O)[O-].[Li+]. The first kappa shape index (κ1) is 21.1. The van der Waals surface area contributed by atoms with Gasteiger partial charge in [0.25, 0.3) is 5.56 Å². The number of nitrogens with zero attached hydrogens (tertiary/aromatic N) is 3. The number of ether oxygens (including phenoxy) is 1. The summed E-state index contributed by atoms with van der Waals surface area (Å²) in [5, 5.41) is 11.7. The van der Waals surface area contributed by atoms with Gasteiger partial charge in [0.2, 0.25) is 11.8 Å². The van der Waals surface area contributed by atoms with Crippen LogP contribution in [0, 0.1) is 0 Å². The third-order valence-electron chi connectivity index (χ3n) is 4.51. The van der Waals surface area contributed by atoms with Crippen LogP contribution >= 0.6 is 0 Å². The van der Waals surface area contributed by atoms with Gasteiger partial charge in [0.1, 0.15) is 0 Å². The molecule has 0 saturated carbocycles. The van der Waals surface area contributed by atoms with Gasteiger partial charge in [-0.25, -0.2) is 14.5 Å². The van der Waals surface area contributed by atoms with E-state index in [2.05, 4.69) is 9.97 Å². The van der Waals surface area contributed by atoms with E-state index in [-0.39, 0.29) is 41.8 Å². The summed E-state index contributed by atoms with van der Waals surface area (Å²) in [7, 11) is 1.33. The minimum atomic E-state index is -1.40. The molecule has 0 saturated heterocycles. The molecule has 0 amide bonds. The number of methoxy groups -OCH3 is 1. The second-order valence-corrected chi connectivity index (χ2v) is 6.25. The van der Waals surface area contributed by atoms with Gasteiger partial charge >= 0.3 is 18.9 Å². The van der Waals surface area contributed by atoms with E-state index in [1.165, 1.54) is 23.9 Å². The van der Waals surface area contributed by atoms with Gasteiger partial charge in [-0.15, -0.1) is 0 Å². The Bertz CT molecular complexity index is 1310. The largest absolute Gasteiger partial charge is 1.00 e. The molecule has 30 heavy (non-hydrogen) atoms. The molecule has 0 spiro atoms. The van der Waals surface area contributed by atoms with Crippen LogP contribution in [0.25, 0.3) is 27.7 Å². The van der Waals surface area contributed by atoms with Crippen LogP contribution in [-0.2, 0) is 0 Å². The molecule has 0 unspecified atom stereocenters. The van der Waals surface area contributed by atoms with Crippen molar-refractivity contribution in [2.75, 3.05) is 12.8 Å². The molecular formula is C21H15LiN4O4. The normalized spacial score (nSPS) is 10.4. The maximum absolute atomic E-state index is 13.1. The van der Waals surface area contributed by atoms with E-state index in [9.17, 15) is 14.7 Å². The van der Waals surface area contributed by atoms with E-state index in [0.717, 1.165) is 0 Å². The number of benzene rings is 2. The average molecular weight is 394 g/mol. The van der Waals surface area contributed by atoms with Gasteiger partial charge in [0, 0.05) is 11.8 Å². The van der Waals surface area contributed by atoms with E-state index in [4.69, 9.17) is 10.5 Å². The summed E-state index contributed by atoms with van der Waals surface area (Å²) in [4.78, 5) is 32.8. The van der Waals surface area contributed by atoms with Crippen molar-refractivity contribution in [3.8, 4) is 22.7 Å². The maximum Gasteiger partial charge on any atom is 1.00 e. The zero-order valence-corrected chi connectivity index (χ0v) is 16.3. The molecule has 2 aromatic carbocycles. The van der Waals surface area contributed by atoms with Crippen LogP contribution in [0.4, 0.5) is 5.95 Å². The number of nitrogens with two attached hydrogens (primary N) is 1. The van der Waals surface area contributed by atoms with Gasteiger partial charge in [-0.2, -0.15) is 0 Å². The van der Waals surface area contributed by atoms with Crippen molar-refractivity contribution in [3.63, 3.8) is 0 Å². The van der Waals surface area contributed by atoms with Crippen molar-refractivity contribution in [1.29, 1.82) is 0 Å². The number of fused-ring (bicyclic) bond motifs is 1. The predicted octanol–water partition coefficient (Wildman–Crippen LogP) is -1.59. The standard InChI is InChI=1S/C21H16N4O4.Li/c1-29-18-16(20(27)28)10-13(11-23-18)12-7-8-17-15(9-12)19(26)25(21(22)24-17)14-5-3-2-4-6-14;/h2-11H,1H3,(H2,22,24)(H,27,28);/q;+1/p-1. The quantitative estimate of drug-likeness (QED) is 0.414. The number of aromatic nitrogens is 3. The first-order valence-electron chi connectivity index (χ1n) is 8.63. The molecule has 2 heterocycles. The third kappa shape index (κ3) is 3.66. The van der Waals surface area contributed by atoms with E-state index < -0.39 is 5.97 Å². The molecule has 0 atom stereocenters.